The number of aromatic hydroxyl groups is 1. The third-order valence-electron chi connectivity index (χ3n) is 4.09. The van der Waals surface area contributed by atoms with E-state index in [1.807, 2.05) is 19.9 Å². The average molecular weight is 235 g/mol. The molecule has 0 heterocycles. The highest BCUT2D eigenvalue weighted by atomic mass is 16.3. The number of aliphatic hydroxyl groups excluding tert-OH is 1. The first-order valence-electron chi connectivity index (χ1n) is 6.07. The summed E-state index contributed by atoms with van der Waals surface area (Å²) < 4.78 is 0. The van der Waals surface area contributed by atoms with E-state index in [1.54, 1.807) is 6.07 Å². The zero-order chi connectivity index (χ0) is 12.8. The molecule has 0 saturated heterocycles. The van der Waals surface area contributed by atoms with Gasteiger partial charge in [0.05, 0.1) is 6.10 Å². The molecule has 2 rings (SSSR count). The number of phenolic OH excluding ortho intramolecular Hbond substituents is 1. The molecule has 3 N–H and O–H groups in total. The molecule has 0 bridgehead atoms. The van der Waals surface area contributed by atoms with Gasteiger partial charge in [0, 0.05) is 17.1 Å². The Hall–Kier alpha value is -1.22. The lowest BCUT2D eigenvalue weighted by Crippen LogP contribution is -2.56. The van der Waals surface area contributed by atoms with Crippen molar-refractivity contribution in [2.75, 3.05) is 5.32 Å². The maximum absolute atomic E-state index is 9.71. The van der Waals surface area contributed by atoms with Crippen molar-refractivity contribution in [3.05, 3.63) is 23.3 Å². The van der Waals surface area contributed by atoms with E-state index >= 15 is 0 Å². The Balaban J connectivity index is 2.18. The van der Waals surface area contributed by atoms with Crippen LogP contribution in [0.4, 0.5) is 5.69 Å². The second-order valence-electron chi connectivity index (χ2n) is 5.72. The van der Waals surface area contributed by atoms with E-state index in [4.69, 9.17) is 0 Å². The SMILES string of the molecule is Cc1cc(NC2CC(O)C2(C)C)c(C)cc1O. The van der Waals surface area contributed by atoms with Gasteiger partial charge in [-0.1, -0.05) is 13.8 Å². The summed E-state index contributed by atoms with van der Waals surface area (Å²) in [5, 5.41) is 22.8. The molecule has 3 heteroatoms. The van der Waals surface area contributed by atoms with Crippen LogP contribution in [0, 0.1) is 19.3 Å². The van der Waals surface area contributed by atoms with Crippen LogP contribution < -0.4 is 5.32 Å². The van der Waals surface area contributed by atoms with E-state index in [1.165, 1.54) is 0 Å². The first-order valence-corrected chi connectivity index (χ1v) is 6.07. The summed E-state index contributed by atoms with van der Waals surface area (Å²) in [6, 6.07) is 4.03. The lowest BCUT2D eigenvalue weighted by molar-refractivity contribution is -0.0510. The van der Waals surface area contributed by atoms with Crippen molar-refractivity contribution in [1.29, 1.82) is 0 Å². The zero-order valence-electron chi connectivity index (χ0n) is 10.9. The Morgan fingerprint density at radius 3 is 2.41 bits per heavy atom. The zero-order valence-corrected chi connectivity index (χ0v) is 10.9. The smallest absolute Gasteiger partial charge is 0.118 e. The number of aryl methyl sites for hydroxylation is 2. The van der Waals surface area contributed by atoms with Crippen molar-refractivity contribution >= 4 is 5.69 Å². The monoisotopic (exact) mass is 235 g/mol. The molecule has 0 radical (unpaired) electrons. The van der Waals surface area contributed by atoms with Crippen molar-refractivity contribution in [3.63, 3.8) is 0 Å². The van der Waals surface area contributed by atoms with E-state index < -0.39 is 0 Å². The first kappa shape index (κ1) is 12.2. The summed E-state index contributed by atoms with van der Waals surface area (Å²) in [4.78, 5) is 0. The summed E-state index contributed by atoms with van der Waals surface area (Å²) in [7, 11) is 0. The predicted molar refractivity (Wildman–Crippen MR) is 69.4 cm³/mol. The quantitative estimate of drug-likeness (QED) is 0.691. The van der Waals surface area contributed by atoms with Crippen LogP contribution in [0.15, 0.2) is 12.1 Å². The number of nitrogens with one attached hydrogen (secondary N) is 1. The molecule has 0 amide bonds. The van der Waals surface area contributed by atoms with Crippen LogP contribution in [-0.2, 0) is 0 Å². The van der Waals surface area contributed by atoms with Gasteiger partial charge < -0.3 is 15.5 Å². The van der Waals surface area contributed by atoms with Crippen LogP contribution in [0.5, 0.6) is 5.75 Å². The van der Waals surface area contributed by atoms with Crippen LogP contribution in [0.3, 0.4) is 0 Å². The maximum Gasteiger partial charge on any atom is 0.118 e. The number of phenols is 1. The van der Waals surface area contributed by atoms with Crippen LogP contribution in [0.1, 0.15) is 31.4 Å². The van der Waals surface area contributed by atoms with Gasteiger partial charge >= 0.3 is 0 Å². The third-order valence-corrected chi connectivity index (χ3v) is 4.09. The highest BCUT2D eigenvalue weighted by Gasteiger charge is 2.47. The molecular weight excluding hydrogens is 214 g/mol. The molecule has 0 aliphatic heterocycles. The molecule has 1 aromatic carbocycles. The van der Waals surface area contributed by atoms with Gasteiger partial charge in [0.1, 0.15) is 5.75 Å². The summed E-state index contributed by atoms with van der Waals surface area (Å²) >= 11 is 0. The third kappa shape index (κ3) is 2.00. The van der Waals surface area contributed by atoms with Gasteiger partial charge in [0.25, 0.3) is 0 Å². The summed E-state index contributed by atoms with van der Waals surface area (Å²) in [6.45, 7) is 8.01. The van der Waals surface area contributed by atoms with E-state index in [2.05, 4.69) is 19.2 Å². The summed E-state index contributed by atoms with van der Waals surface area (Å²) in [5.41, 5.74) is 2.87. The van der Waals surface area contributed by atoms with Crippen molar-refractivity contribution in [2.45, 2.75) is 46.3 Å². The lowest BCUT2D eigenvalue weighted by atomic mass is 9.64. The van der Waals surface area contributed by atoms with Crippen LogP contribution >= 0.6 is 0 Å². The number of rotatable bonds is 2. The molecule has 0 spiro atoms. The van der Waals surface area contributed by atoms with Crippen molar-refractivity contribution in [2.24, 2.45) is 5.41 Å². The lowest BCUT2D eigenvalue weighted by Gasteiger charge is -2.50. The fraction of sp³-hybridized carbons (Fsp3) is 0.571. The van der Waals surface area contributed by atoms with E-state index in [0.29, 0.717) is 11.8 Å². The Morgan fingerprint density at radius 1 is 1.24 bits per heavy atom. The number of benzene rings is 1. The molecule has 1 aliphatic rings. The normalized spacial score (nSPS) is 26.4. The molecule has 1 fully saturated rings. The highest BCUT2D eigenvalue weighted by Crippen LogP contribution is 2.42. The van der Waals surface area contributed by atoms with E-state index in [9.17, 15) is 10.2 Å². The van der Waals surface area contributed by atoms with Gasteiger partial charge in [-0.05, 0) is 43.5 Å². The molecule has 2 atom stereocenters. The molecule has 1 aliphatic carbocycles. The van der Waals surface area contributed by atoms with Crippen LogP contribution in [0.2, 0.25) is 0 Å². The van der Waals surface area contributed by atoms with Crippen molar-refractivity contribution in [1.82, 2.24) is 0 Å². The minimum absolute atomic E-state index is 0.0851. The Bertz CT molecular complexity index is 440. The number of anilines is 1. The number of hydrogen-bond donors (Lipinski definition) is 3. The van der Waals surface area contributed by atoms with Crippen LogP contribution in [-0.4, -0.2) is 22.4 Å². The second-order valence-corrected chi connectivity index (χ2v) is 5.72. The minimum atomic E-state index is -0.224. The van der Waals surface area contributed by atoms with Gasteiger partial charge in [-0.2, -0.15) is 0 Å². The minimum Gasteiger partial charge on any atom is -0.508 e. The van der Waals surface area contributed by atoms with E-state index in [0.717, 1.165) is 23.2 Å². The van der Waals surface area contributed by atoms with Gasteiger partial charge in [0.2, 0.25) is 0 Å². The molecule has 1 aromatic rings. The Morgan fingerprint density at radius 2 is 1.88 bits per heavy atom. The summed E-state index contributed by atoms with van der Waals surface area (Å²) in [5.74, 6) is 0.334. The second kappa shape index (κ2) is 3.91. The van der Waals surface area contributed by atoms with Gasteiger partial charge in [-0.3, -0.25) is 0 Å². The van der Waals surface area contributed by atoms with Gasteiger partial charge in [-0.15, -0.1) is 0 Å². The number of hydrogen-bond acceptors (Lipinski definition) is 3. The standard InChI is InChI=1S/C14H21NO2/c1-8-6-11(16)9(2)5-10(8)15-12-7-13(17)14(12,3)4/h5-6,12-13,15-17H,7H2,1-4H3. The number of aliphatic hydroxyl groups is 1. The fourth-order valence-corrected chi connectivity index (χ4v) is 2.29. The highest BCUT2D eigenvalue weighted by molar-refractivity contribution is 5.57. The maximum atomic E-state index is 9.71. The molecule has 2 unspecified atom stereocenters. The average Bonchev–Trinajstić information content (AvgIpc) is 2.25. The van der Waals surface area contributed by atoms with Gasteiger partial charge in [-0.25, -0.2) is 0 Å². The first-order chi connectivity index (χ1) is 7.82. The molecular formula is C14H21NO2. The fourth-order valence-electron chi connectivity index (χ4n) is 2.29. The molecule has 17 heavy (non-hydrogen) atoms. The molecule has 1 saturated carbocycles. The molecule has 94 valence electrons. The Labute approximate surface area is 102 Å². The Kier molecular flexibility index (Phi) is 2.82. The summed E-state index contributed by atoms with van der Waals surface area (Å²) in [6.07, 6.45) is 0.560. The van der Waals surface area contributed by atoms with Crippen molar-refractivity contribution in [3.8, 4) is 5.75 Å². The van der Waals surface area contributed by atoms with E-state index in [-0.39, 0.29) is 11.5 Å². The predicted octanol–water partition coefficient (Wildman–Crippen LogP) is 2.58. The van der Waals surface area contributed by atoms with Gasteiger partial charge in [0.15, 0.2) is 0 Å². The molecule has 3 nitrogen and oxygen atoms in total. The largest absolute Gasteiger partial charge is 0.508 e. The van der Waals surface area contributed by atoms with Crippen LogP contribution in [0.25, 0.3) is 0 Å². The topological polar surface area (TPSA) is 52.5 Å². The van der Waals surface area contributed by atoms with Crippen molar-refractivity contribution < 1.29 is 10.2 Å². The molecule has 0 aromatic heterocycles.